The molecule has 0 fully saturated rings. The molecule has 1 aromatic rings. The summed E-state index contributed by atoms with van der Waals surface area (Å²) >= 11 is 5.61. The summed E-state index contributed by atoms with van der Waals surface area (Å²) in [5, 5.41) is 5.66. The van der Waals surface area contributed by atoms with Gasteiger partial charge in [-0.15, -0.1) is 0 Å². The second-order valence-corrected chi connectivity index (χ2v) is 7.50. The summed E-state index contributed by atoms with van der Waals surface area (Å²) in [7, 11) is 1.45. The van der Waals surface area contributed by atoms with Gasteiger partial charge < -0.3 is 10.1 Å². The van der Waals surface area contributed by atoms with Crippen LogP contribution in [-0.4, -0.2) is 11.7 Å². The topological polar surface area (TPSA) is 38.3 Å². The lowest BCUT2D eigenvalue weighted by Gasteiger charge is -2.19. The van der Waals surface area contributed by atoms with Gasteiger partial charge in [-0.25, -0.2) is 4.79 Å². The van der Waals surface area contributed by atoms with Crippen molar-refractivity contribution in [3.05, 3.63) is 33.8 Å². The third-order valence-electron chi connectivity index (χ3n) is 2.11. The lowest BCUT2D eigenvalue weighted by atomic mass is 10.1. The molecule has 0 atom stereocenters. The molecule has 1 amide bonds. The van der Waals surface area contributed by atoms with Gasteiger partial charge in [-0.3, -0.25) is 0 Å². The molecule has 1 aromatic carbocycles. The van der Waals surface area contributed by atoms with E-state index in [1.54, 1.807) is 0 Å². The molecule has 0 unspecified atom stereocenters. The predicted molar refractivity (Wildman–Crippen MR) is 95.7 cm³/mol. The first-order valence-corrected chi connectivity index (χ1v) is 10.0. The quantitative estimate of drug-likeness (QED) is 0.498. The van der Waals surface area contributed by atoms with Crippen LogP contribution in [0.4, 0.5) is 4.79 Å². The van der Waals surface area contributed by atoms with Crippen molar-refractivity contribution in [2.75, 3.05) is 0 Å². The molecule has 0 spiro atoms. The average molecular weight is 468 g/mol. The predicted octanol–water partition coefficient (Wildman–Crippen LogP) is 4.87. The van der Waals surface area contributed by atoms with E-state index in [4.69, 9.17) is 4.74 Å². The number of halogens is 2. The van der Waals surface area contributed by atoms with Gasteiger partial charge in [0.1, 0.15) is 5.60 Å². The second-order valence-electron chi connectivity index (χ2n) is 4.97. The molecule has 0 aliphatic rings. The molecule has 0 saturated carbocycles. The van der Waals surface area contributed by atoms with Crippen molar-refractivity contribution >= 4 is 52.2 Å². The van der Waals surface area contributed by atoms with Gasteiger partial charge in [0.2, 0.25) is 0 Å². The number of rotatable bonds is 2. The highest BCUT2D eigenvalue weighted by atomic mass is 127. The molecule has 0 aliphatic carbocycles. The molecule has 0 bridgehead atoms. The zero-order valence-electron chi connectivity index (χ0n) is 11.4. The molecule has 108 valence electrons. The van der Waals surface area contributed by atoms with Gasteiger partial charge in [0.25, 0.3) is 0 Å². The van der Waals surface area contributed by atoms with Crippen LogP contribution in [-0.2, 0) is 11.3 Å². The minimum Gasteiger partial charge on any atom is -0.444 e. The standard InChI is InChI=1S/C14H15BrINO2S/c1-14(2,3)19-13(18)17-9-11-5-4-10(6-7-20-16)8-12(11)15/h4-5,8H,9H2,1-3H3,(H,17,18). The lowest BCUT2D eigenvalue weighted by molar-refractivity contribution is 0.0523. The normalized spacial score (nSPS) is 10.4. The molecular formula is C14H15BrINO2S. The van der Waals surface area contributed by atoms with Crippen LogP contribution < -0.4 is 5.32 Å². The van der Waals surface area contributed by atoms with Gasteiger partial charge in [0.05, 0.1) is 0 Å². The van der Waals surface area contributed by atoms with E-state index >= 15 is 0 Å². The largest absolute Gasteiger partial charge is 0.444 e. The van der Waals surface area contributed by atoms with Crippen LogP contribution in [0.5, 0.6) is 0 Å². The van der Waals surface area contributed by atoms with Gasteiger partial charge in [-0.05, 0) is 52.7 Å². The van der Waals surface area contributed by atoms with Crippen LogP contribution in [0.25, 0.3) is 0 Å². The van der Waals surface area contributed by atoms with Crippen molar-refractivity contribution in [3.63, 3.8) is 0 Å². The molecule has 0 heterocycles. The molecule has 3 nitrogen and oxygen atoms in total. The Morgan fingerprint density at radius 2 is 2.20 bits per heavy atom. The molecule has 20 heavy (non-hydrogen) atoms. The number of hydrogen-bond donors (Lipinski definition) is 1. The van der Waals surface area contributed by atoms with Crippen molar-refractivity contribution < 1.29 is 9.53 Å². The highest BCUT2D eigenvalue weighted by Gasteiger charge is 2.15. The van der Waals surface area contributed by atoms with Gasteiger partial charge >= 0.3 is 6.09 Å². The highest BCUT2D eigenvalue weighted by Crippen LogP contribution is 2.19. The van der Waals surface area contributed by atoms with Gasteiger partial charge in [0, 0.05) is 37.8 Å². The van der Waals surface area contributed by atoms with Gasteiger partial charge in [-0.1, -0.05) is 27.9 Å². The molecule has 6 heteroatoms. The first-order chi connectivity index (χ1) is 9.31. The van der Waals surface area contributed by atoms with Crippen LogP contribution >= 0.6 is 46.1 Å². The fourth-order valence-electron chi connectivity index (χ4n) is 1.33. The van der Waals surface area contributed by atoms with E-state index in [2.05, 4.69) is 53.6 Å². The zero-order chi connectivity index (χ0) is 15.2. The maximum Gasteiger partial charge on any atom is 0.407 e. The Kier molecular flexibility index (Phi) is 7.20. The van der Waals surface area contributed by atoms with E-state index in [0.29, 0.717) is 6.54 Å². The van der Waals surface area contributed by atoms with Crippen molar-refractivity contribution in [1.82, 2.24) is 5.32 Å². The molecule has 1 N–H and O–H groups in total. The Morgan fingerprint density at radius 3 is 2.75 bits per heavy atom. The summed E-state index contributed by atoms with van der Waals surface area (Å²) in [5.41, 5.74) is 1.42. The minimum absolute atomic E-state index is 0.407. The van der Waals surface area contributed by atoms with Crippen LogP contribution in [0, 0.1) is 11.2 Å². The van der Waals surface area contributed by atoms with E-state index in [1.165, 1.54) is 8.93 Å². The summed E-state index contributed by atoms with van der Waals surface area (Å²) in [6, 6.07) is 5.80. The average Bonchev–Trinajstić information content (AvgIpc) is 2.33. The van der Waals surface area contributed by atoms with Crippen molar-refractivity contribution in [3.8, 4) is 11.2 Å². The maximum atomic E-state index is 11.6. The Balaban J connectivity index is 2.63. The second kappa shape index (κ2) is 8.15. The number of carbonyl (C=O) groups excluding carboxylic acids is 1. The number of carbonyl (C=O) groups is 1. The molecule has 0 radical (unpaired) electrons. The summed E-state index contributed by atoms with van der Waals surface area (Å²) in [4.78, 5) is 11.6. The van der Waals surface area contributed by atoms with Crippen LogP contribution in [0.1, 0.15) is 31.9 Å². The Bertz CT molecular complexity index is 546. The van der Waals surface area contributed by atoms with E-state index < -0.39 is 11.7 Å². The van der Waals surface area contributed by atoms with Crippen LogP contribution in [0.15, 0.2) is 22.7 Å². The van der Waals surface area contributed by atoms with Crippen LogP contribution in [0.3, 0.4) is 0 Å². The smallest absolute Gasteiger partial charge is 0.407 e. The summed E-state index contributed by atoms with van der Waals surface area (Å²) in [6.07, 6.45) is -0.422. The number of alkyl carbamates (subject to hydrolysis) is 1. The fraction of sp³-hybridized carbons (Fsp3) is 0.357. The number of hydrogen-bond acceptors (Lipinski definition) is 3. The van der Waals surface area contributed by atoms with E-state index in [0.717, 1.165) is 15.6 Å². The molecule has 0 aromatic heterocycles. The molecule has 0 aliphatic heterocycles. The third kappa shape index (κ3) is 6.86. The van der Waals surface area contributed by atoms with Crippen LogP contribution in [0.2, 0.25) is 0 Å². The number of amides is 1. The number of nitrogens with one attached hydrogen (secondary N) is 1. The fourth-order valence-corrected chi connectivity index (χ4v) is 2.33. The molecular weight excluding hydrogens is 453 g/mol. The number of benzene rings is 1. The summed E-state index contributed by atoms with van der Waals surface area (Å²) in [5.74, 6) is 3.02. The van der Waals surface area contributed by atoms with E-state index in [1.807, 2.05) is 39.0 Å². The third-order valence-corrected chi connectivity index (χ3v) is 3.69. The molecule has 1 rings (SSSR count). The Labute approximate surface area is 144 Å². The van der Waals surface area contributed by atoms with Crippen molar-refractivity contribution in [2.45, 2.75) is 32.9 Å². The maximum absolute atomic E-state index is 11.6. The van der Waals surface area contributed by atoms with Crippen molar-refractivity contribution in [2.24, 2.45) is 0 Å². The van der Waals surface area contributed by atoms with E-state index in [9.17, 15) is 4.79 Å². The number of ether oxygens (including phenoxy) is 1. The highest BCUT2D eigenvalue weighted by molar-refractivity contribution is 14.2. The summed E-state index contributed by atoms with van der Waals surface area (Å²) < 4.78 is 6.10. The zero-order valence-corrected chi connectivity index (χ0v) is 16.0. The van der Waals surface area contributed by atoms with Crippen molar-refractivity contribution in [1.29, 1.82) is 0 Å². The first-order valence-electron chi connectivity index (χ1n) is 5.85. The first kappa shape index (κ1) is 17.7. The van der Waals surface area contributed by atoms with Gasteiger partial charge in [0.15, 0.2) is 0 Å². The lowest BCUT2D eigenvalue weighted by Crippen LogP contribution is -2.32. The molecule has 0 saturated heterocycles. The Morgan fingerprint density at radius 1 is 1.50 bits per heavy atom. The summed E-state index contributed by atoms with van der Waals surface area (Å²) in [6.45, 7) is 5.91. The minimum atomic E-state index is -0.488. The monoisotopic (exact) mass is 467 g/mol. The van der Waals surface area contributed by atoms with E-state index in [-0.39, 0.29) is 0 Å². The van der Waals surface area contributed by atoms with Gasteiger partial charge in [-0.2, -0.15) is 0 Å². The SMILES string of the molecule is CC(C)(C)OC(=O)NCc1ccc(C#CSI)cc1Br. The Hall–Kier alpha value is -0.390.